The van der Waals surface area contributed by atoms with Crippen LogP contribution in [0.3, 0.4) is 0 Å². The number of hydrogen-bond donors (Lipinski definition) is 1. The molecule has 0 aliphatic rings. The summed E-state index contributed by atoms with van der Waals surface area (Å²) in [5, 5.41) is 0.708. The Morgan fingerprint density at radius 2 is 1.90 bits per heavy atom. The average molecular weight is 306 g/mol. The first kappa shape index (κ1) is 15.7. The van der Waals surface area contributed by atoms with E-state index in [0.29, 0.717) is 18.2 Å². The largest absolute Gasteiger partial charge is 0.493 e. The molecule has 2 aromatic carbocycles. The van der Waals surface area contributed by atoms with E-state index in [1.807, 2.05) is 42.5 Å². The third kappa shape index (κ3) is 4.66. The quantitative estimate of drug-likeness (QED) is 0.846. The predicted octanol–water partition coefficient (Wildman–Crippen LogP) is 3.82. The highest BCUT2D eigenvalue weighted by atomic mass is 35.5. The van der Waals surface area contributed by atoms with Crippen molar-refractivity contribution in [1.82, 2.24) is 0 Å². The summed E-state index contributed by atoms with van der Waals surface area (Å²) in [6.45, 7) is 1.14. The van der Waals surface area contributed by atoms with Crippen molar-refractivity contribution in [3.63, 3.8) is 0 Å². The van der Waals surface area contributed by atoms with Gasteiger partial charge in [0.25, 0.3) is 0 Å². The van der Waals surface area contributed by atoms with E-state index < -0.39 is 0 Å². The van der Waals surface area contributed by atoms with Crippen LogP contribution < -0.4 is 15.2 Å². The molecule has 0 aliphatic carbocycles. The van der Waals surface area contributed by atoms with Gasteiger partial charge in [-0.05, 0) is 54.8 Å². The summed E-state index contributed by atoms with van der Waals surface area (Å²) in [6, 6.07) is 13.6. The summed E-state index contributed by atoms with van der Waals surface area (Å²) >= 11 is 5.98. The molecule has 0 bridgehead atoms. The molecule has 0 aromatic heterocycles. The molecule has 2 rings (SSSR count). The van der Waals surface area contributed by atoms with E-state index in [1.54, 1.807) is 7.11 Å². The first-order valence-electron chi connectivity index (χ1n) is 6.97. The molecular weight excluding hydrogens is 286 g/mol. The van der Waals surface area contributed by atoms with Gasteiger partial charge in [-0.3, -0.25) is 0 Å². The van der Waals surface area contributed by atoms with Gasteiger partial charge in [0.05, 0.1) is 7.11 Å². The van der Waals surface area contributed by atoms with Crippen LogP contribution >= 0.6 is 11.6 Å². The topological polar surface area (TPSA) is 44.5 Å². The lowest BCUT2D eigenvalue weighted by atomic mass is 10.1. The standard InChI is InChI=1S/C17H20ClNO2/c1-20-16-8-7-13(5-3-9-19)11-17(16)21-12-14-4-2-6-15(18)10-14/h2,4,6-8,10-11H,3,5,9,12,19H2,1H3. The molecule has 0 fully saturated rings. The van der Waals surface area contributed by atoms with Crippen LogP contribution in [0.2, 0.25) is 5.02 Å². The van der Waals surface area contributed by atoms with E-state index in [4.69, 9.17) is 26.8 Å². The fourth-order valence-electron chi connectivity index (χ4n) is 2.08. The molecule has 0 saturated carbocycles. The van der Waals surface area contributed by atoms with Crippen molar-refractivity contribution in [2.45, 2.75) is 19.4 Å². The molecule has 2 aromatic rings. The Balaban J connectivity index is 2.09. The lowest BCUT2D eigenvalue weighted by Crippen LogP contribution is -2.02. The Labute approximate surface area is 130 Å². The zero-order valence-electron chi connectivity index (χ0n) is 12.1. The van der Waals surface area contributed by atoms with Gasteiger partial charge < -0.3 is 15.2 Å². The zero-order valence-corrected chi connectivity index (χ0v) is 12.9. The molecule has 3 nitrogen and oxygen atoms in total. The first-order chi connectivity index (χ1) is 10.2. The first-order valence-corrected chi connectivity index (χ1v) is 7.35. The average Bonchev–Trinajstić information content (AvgIpc) is 2.51. The fraction of sp³-hybridized carbons (Fsp3) is 0.294. The number of aryl methyl sites for hydroxylation is 1. The van der Waals surface area contributed by atoms with E-state index in [1.165, 1.54) is 5.56 Å². The van der Waals surface area contributed by atoms with Crippen LogP contribution in [0.1, 0.15) is 17.5 Å². The Hall–Kier alpha value is -1.71. The lowest BCUT2D eigenvalue weighted by Gasteiger charge is -2.12. The maximum Gasteiger partial charge on any atom is 0.161 e. The highest BCUT2D eigenvalue weighted by Gasteiger charge is 2.06. The van der Waals surface area contributed by atoms with Gasteiger partial charge in [0.2, 0.25) is 0 Å². The molecule has 0 saturated heterocycles. The van der Waals surface area contributed by atoms with E-state index >= 15 is 0 Å². The highest BCUT2D eigenvalue weighted by Crippen LogP contribution is 2.29. The Kier molecular flexibility index (Phi) is 5.90. The number of halogens is 1. The molecule has 2 N–H and O–H groups in total. The second kappa shape index (κ2) is 7.91. The Bertz CT molecular complexity index is 587. The van der Waals surface area contributed by atoms with E-state index in [-0.39, 0.29) is 0 Å². The van der Waals surface area contributed by atoms with Gasteiger partial charge >= 0.3 is 0 Å². The molecule has 112 valence electrons. The van der Waals surface area contributed by atoms with Gasteiger partial charge in [0.15, 0.2) is 11.5 Å². The normalized spacial score (nSPS) is 10.4. The van der Waals surface area contributed by atoms with E-state index in [2.05, 4.69) is 0 Å². The molecule has 21 heavy (non-hydrogen) atoms. The van der Waals surface area contributed by atoms with E-state index in [0.717, 1.165) is 29.9 Å². The van der Waals surface area contributed by atoms with Crippen molar-refractivity contribution >= 4 is 11.6 Å². The number of hydrogen-bond acceptors (Lipinski definition) is 3. The Morgan fingerprint density at radius 1 is 1.05 bits per heavy atom. The van der Waals surface area contributed by atoms with Crippen LogP contribution in [-0.4, -0.2) is 13.7 Å². The third-order valence-corrected chi connectivity index (χ3v) is 3.42. The molecule has 0 heterocycles. The summed E-state index contributed by atoms with van der Waals surface area (Å²) in [4.78, 5) is 0. The molecule has 0 amide bonds. The second-order valence-electron chi connectivity index (χ2n) is 4.80. The number of methoxy groups -OCH3 is 1. The smallest absolute Gasteiger partial charge is 0.161 e. The summed E-state index contributed by atoms with van der Waals surface area (Å²) in [5.74, 6) is 1.47. The van der Waals surface area contributed by atoms with Crippen LogP contribution in [0.5, 0.6) is 11.5 Å². The maximum atomic E-state index is 5.98. The van der Waals surface area contributed by atoms with Crippen molar-refractivity contribution < 1.29 is 9.47 Å². The number of benzene rings is 2. The highest BCUT2D eigenvalue weighted by molar-refractivity contribution is 6.30. The summed E-state index contributed by atoms with van der Waals surface area (Å²) in [6.07, 6.45) is 1.90. The molecular formula is C17H20ClNO2. The number of ether oxygens (including phenoxy) is 2. The molecule has 0 spiro atoms. The van der Waals surface area contributed by atoms with Crippen LogP contribution in [-0.2, 0) is 13.0 Å². The predicted molar refractivity (Wildman–Crippen MR) is 86.2 cm³/mol. The van der Waals surface area contributed by atoms with Crippen LogP contribution in [0.15, 0.2) is 42.5 Å². The second-order valence-corrected chi connectivity index (χ2v) is 5.23. The molecule has 0 aliphatic heterocycles. The molecule has 0 radical (unpaired) electrons. The third-order valence-electron chi connectivity index (χ3n) is 3.18. The minimum Gasteiger partial charge on any atom is -0.493 e. The van der Waals surface area contributed by atoms with Crippen LogP contribution in [0, 0.1) is 0 Å². The van der Waals surface area contributed by atoms with Crippen LogP contribution in [0.25, 0.3) is 0 Å². The van der Waals surface area contributed by atoms with Crippen molar-refractivity contribution in [2.75, 3.05) is 13.7 Å². The summed E-state index contributed by atoms with van der Waals surface area (Å²) < 4.78 is 11.2. The number of nitrogens with two attached hydrogens (primary N) is 1. The maximum absolute atomic E-state index is 5.98. The fourth-order valence-corrected chi connectivity index (χ4v) is 2.30. The zero-order chi connectivity index (χ0) is 15.1. The van der Waals surface area contributed by atoms with Gasteiger partial charge in [-0.2, -0.15) is 0 Å². The Morgan fingerprint density at radius 3 is 2.62 bits per heavy atom. The lowest BCUT2D eigenvalue weighted by molar-refractivity contribution is 0.284. The van der Waals surface area contributed by atoms with Gasteiger partial charge in [-0.1, -0.05) is 29.8 Å². The van der Waals surface area contributed by atoms with Crippen molar-refractivity contribution in [2.24, 2.45) is 5.73 Å². The van der Waals surface area contributed by atoms with Crippen molar-refractivity contribution in [3.05, 3.63) is 58.6 Å². The van der Waals surface area contributed by atoms with Gasteiger partial charge in [-0.15, -0.1) is 0 Å². The van der Waals surface area contributed by atoms with Gasteiger partial charge in [0.1, 0.15) is 6.61 Å². The van der Waals surface area contributed by atoms with E-state index in [9.17, 15) is 0 Å². The van der Waals surface area contributed by atoms with Crippen LogP contribution in [0.4, 0.5) is 0 Å². The van der Waals surface area contributed by atoms with Gasteiger partial charge in [-0.25, -0.2) is 0 Å². The summed E-state index contributed by atoms with van der Waals surface area (Å²) in [5.41, 5.74) is 7.77. The van der Waals surface area contributed by atoms with Crippen molar-refractivity contribution in [3.8, 4) is 11.5 Å². The monoisotopic (exact) mass is 305 g/mol. The molecule has 0 atom stereocenters. The molecule has 0 unspecified atom stereocenters. The number of rotatable bonds is 7. The minimum absolute atomic E-state index is 0.456. The SMILES string of the molecule is COc1ccc(CCCN)cc1OCc1cccc(Cl)c1. The minimum atomic E-state index is 0.456. The molecule has 4 heteroatoms. The summed E-state index contributed by atoms with van der Waals surface area (Å²) in [7, 11) is 1.64. The van der Waals surface area contributed by atoms with Crippen molar-refractivity contribution in [1.29, 1.82) is 0 Å². The van der Waals surface area contributed by atoms with Gasteiger partial charge in [0, 0.05) is 5.02 Å².